The van der Waals surface area contributed by atoms with E-state index < -0.39 is 59.2 Å². The van der Waals surface area contributed by atoms with E-state index in [4.69, 9.17) is 18.9 Å². The van der Waals surface area contributed by atoms with Gasteiger partial charge < -0.3 is 34.9 Å². The number of hydrogen-bond donors (Lipinski definition) is 3. The molecule has 51 heavy (non-hydrogen) atoms. The number of nitrogens with zero attached hydrogens (tertiary/aromatic N) is 1. The Kier molecular flexibility index (Phi) is 16.1. The van der Waals surface area contributed by atoms with Gasteiger partial charge in [-0.2, -0.15) is 0 Å². The van der Waals surface area contributed by atoms with Crippen molar-refractivity contribution in [1.82, 2.24) is 20.9 Å². The molecule has 14 nitrogen and oxygen atoms in total. The molecule has 0 unspecified atom stereocenters. The highest BCUT2D eigenvalue weighted by molar-refractivity contribution is 14.1. The summed E-state index contributed by atoms with van der Waals surface area (Å²) in [6, 6.07) is 11.6. The van der Waals surface area contributed by atoms with Crippen LogP contribution in [0.1, 0.15) is 50.0 Å². The van der Waals surface area contributed by atoms with Crippen LogP contribution in [0.15, 0.2) is 60.8 Å². The summed E-state index contributed by atoms with van der Waals surface area (Å²) in [6.07, 6.45) is 1.42. The van der Waals surface area contributed by atoms with Gasteiger partial charge in [-0.05, 0) is 31.9 Å². The first-order chi connectivity index (χ1) is 24.3. The second kappa shape index (κ2) is 20.0. The van der Waals surface area contributed by atoms with E-state index in [1.165, 1.54) is 40.3 Å². The van der Waals surface area contributed by atoms with Crippen LogP contribution in [-0.2, 0) is 51.2 Å². The maximum Gasteiger partial charge on any atom is 0.339 e. The second-order valence-electron chi connectivity index (χ2n) is 11.5. The zero-order valence-corrected chi connectivity index (χ0v) is 31.8. The fraction of sp³-hybridized carbons (Fsp3) is 0.400. The number of carbonyl (C=O) groups excluding carboxylic acids is 6. The van der Waals surface area contributed by atoms with E-state index in [1.807, 2.05) is 22.6 Å². The molecule has 0 spiro atoms. The lowest BCUT2D eigenvalue weighted by Crippen LogP contribution is -2.60. The summed E-state index contributed by atoms with van der Waals surface area (Å²) in [5, 5.41) is 8.59. The number of benzene rings is 2. The van der Waals surface area contributed by atoms with E-state index in [-0.39, 0.29) is 36.2 Å². The molecule has 0 saturated carbocycles. The molecule has 274 valence electrons. The Morgan fingerprint density at radius 1 is 0.863 bits per heavy atom. The first kappa shape index (κ1) is 41.2. The van der Waals surface area contributed by atoms with Gasteiger partial charge in [0.05, 0.1) is 36.0 Å². The zero-order chi connectivity index (χ0) is 37.6. The number of ether oxygens (including phenoxy) is 4. The lowest BCUT2D eigenvalue weighted by atomic mass is 9.91. The Morgan fingerprint density at radius 3 is 2.02 bits per heavy atom. The van der Waals surface area contributed by atoms with E-state index >= 15 is 0 Å². The summed E-state index contributed by atoms with van der Waals surface area (Å²) in [6.45, 7) is 3.80. The van der Waals surface area contributed by atoms with Crippen molar-refractivity contribution in [2.75, 3.05) is 31.9 Å². The number of Topliss-reactive ketones (excluding diaryl/α,β-unsaturated/α-hetero) is 1. The van der Waals surface area contributed by atoms with Gasteiger partial charge in [-0.1, -0.05) is 71.1 Å². The molecule has 3 N–H and O–H groups in total. The molecule has 2 aromatic carbocycles. The average Bonchev–Trinajstić information content (AvgIpc) is 3.56. The van der Waals surface area contributed by atoms with Crippen LogP contribution >= 0.6 is 33.9 Å². The van der Waals surface area contributed by atoms with Gasteiger partial charge in [-0.15, -0.1) is 11.3 Å². The van der Waals surface area contributed by atoms with Crippen LogP contribution in [0.2, 0.25) is 0 Å². The first-order valence-electron chi connectivity index (χ1n) is 15.7. The molecule has 1 heterocycles. The lowest BCUT2D eigenvalue weighted by Gasteiger charge is -2.32. The second-order valence-corrected chi connectivity index (χ2v) is 13.5. The molecule has 16 heteroatoms. The predicted octanol–water partition coefficient (Wildman–Crippen LogP) is 2.74. The van der Waals surface area contributed by atoms with E-state index in [1.54, 1.807) is 55.5 Å². The summed E-state index contributed by atoms with van der Waals surface area (Å²) in [5.74, 6) is -3.98. The molecule has 3 rings (SSSR count). The highest BCUT2D eigenvalue weighted by Gasteiger charge is 2.42. The minimum Gasteiger partial charge on any atom is -0.461 e. The van der Waals surface area contributed by atoms with Crippen LogP contribution < -0.4 is 16.0 Å². The Bertz CT molecular complexity index is 1690. The molecular weight excluding hydrogens is 795 g/mol. The first-order valence-corrected chi connectivity index (χ1v) is 18.1. The zero-order valence-electron chi connectivity index (χ0n) is 28.9. The molecule has 0 saturated heterocycles. The third-order valence-corrected chi connectivity index (χ3v) is 9.81. The van der Waals surface area contributed by atoms with Crippen molar-refractivity contribution >= 4 is 69.4 Å². The van der Waals surface area contributed by atoms with Crippen LogP contribution in [0.3, 0.4) is 0 Å². The molecular formula is C35H41IN4O10S. The summed E-state index contributed by atoms with van der Waals surface area (Å²) in [5.41, 5.74) is -0.517. The van der Waals surface area contributed by atoms with Crippen molar-refractivity contribution in [2.45, 2.75) is 57.5 Å². The largest absolute Gasteiger partial charge is 0.461 e. The van der Waals surface area contributed by atoms with Crippen molar-refractivity contribution in [3.8, 4) is 0 Å². The molecule has 3 aromatic rings. The maximum absolute atomic E-state index is 14.3. The molecule has 0 radical (unpaired) electrons. The normalized spacial score (nSPS) is 13.8. The number of esters is 2. The Hall–Kier alpha value is -4.26. The van der Waals surface area contributed by atoms with E-state index in [0.29, 0.717) is 21.0 Å². The van der Waals surface area contributed by atoms with Gasteiger partial charge in [0.25, 0.3) is 5.91 Å². The molecule has 3 amide bonds. The number of ketones is 1. The number of thiazole rings is 1. The van der Waals surface area contributed by atoms with Crippen LogP contribution in [0.25, 0.3) is 0 Å². The Morgan fingerprint density at radius 2 is 1.45 bits per heavy atom. The summed E-state index contributed by atoms with van der Waals surface area (Å²) >= 11 is 3.09. The smallest absolute Gasteiger partial charge is 0.339 e. The maximum atomic E-state index is 14.3. The summed E-state index contributed by atoms with van der Waals surface area (Å²) in [4.78, 5) is 83.5. The van der Waals surface area contributed by atoms with E-state index in [2.05, 4.69) is 20.9 Å². The van der Waals surface area contributed by atoms with E-state index in [0.717, 1.165) is 11.3 Å². The van der Waals surface area contributed by atoms with Crippen LogP contribution in [0.5, 0.6) is 0 Å². The average molecular weight is 837 g/mol. The third-order valence-electron chi connectivity index (χ3n) is 7.44. The quantitative estimate of drug-likeness (QED) is 0.0916. The van der Waals surface area contributed by atoms with E-state index in [9.17, 15) is 28.8 Å². The topological polar surface area (TPSA) is 188 Å². The number of alkyl halides is 1. The molecule has 0 bridgehead atoms. The predicted molar refractivity (Wildman–Crippen MR) is 195 cm³/mol. The highest BCUT2D eigenvalue weighted by Crippen LogP contribution is 2.23. The number of methoxy groups -OCH3 is 2. The van der Waals surface area contributed by atoms with Gasteiger partial charge in [-0.3, -0.25) is 24.0 Å². The van der Waals surface area contributed by atoms with Gasteiger partial charge in [0.15, 0.2) is 11.4 Å². The van der Waals surface area contributed by atoms with Crippen molar-refractivity contribution in [1.29, 1.82) is 0 Å². The van der Waals surface area contributed by atoms with Crippen LogP contribution in [0, 0.1) is 6.92 Å². The van der Waals surface area contributed by atoms with Gasteiger partial charge >= 0.3 is 11.9 Å². The van der Waals surface area contributed by atoms with Crippen LogP contribution in [-0.4, -0.2) is 96.0 Å². The number of aryl methyl sites for hydroxylation is 1. The minimum atomic E-state index is -1.72. The molecule has 1 aromatic heterocycles. The molecule has 0 aliphatic rings. The molecule has 0 aliphatic carbocycles. The molecule has 0 fully saturated rings. The summed E-state index contributed by atoms with van der Waals surface area (Å²) < 4.78 is 21.3. The highest BCUT2D eigenvalue weighted by atomic mass is 127. The van der Waals surface area contributed by atoms with Gasteiger partial charge in [0, 0.05) is 31.1 Å². The SMILES string of the molecule is COC[C@H](NC(=O)c1cnc(C)s1)C(=O)N[C@@H](COC)C(=O)N[C@@H](Cc1ccccc1)C(=O)[C@@](C)(CI)OC(=O)c1ccccc1COC(C)=O. The summed E-state index contributed by atoms with van der Waals surface area (Å²) in [7, 11) is 2.70. The van der Waals surface area contributed by atoms with Crippen molar-refractivity contribution in [2.24, 2.45) is 0 Å². The lowest BCUT2D eigenvalue weighted by molar-refractivity contribution is -0.142. The number of carbonyl (C=O) groups is 6. The monoisotopic (exact) mass is 836 g/mol. The van der Waals surface area contributed by atoms with Gasteiger partial charge in [0.2, 0.25) is 11.8 Å². The van der Waals surface area contributed by atoms with Gasteiger partial charge in [0.1, 0.15) is 23.6 Å². The molecule has 0 aliphatic heterocycles. The van der Waals surface area contributed by atoms with Gasteiger partial charge in [-0.25, -0.2) is 9.78 Å². The van der Waals surface area contributed by atoms with Crippen molar-refractivity contribution in [3.63, 3.8) is 0 Å². The Labute approximate surface area is 313 Å². The third kappa shape index (κ3) is 12.2. The standard InChI is InChI=1S/C35H41IN4O10S/c1-21-37-16-29(51-21)33(45)40-28(19-48-5)32(44)39-27(18-47-4)31(43)38-26(15-23-11-7-6-8-12-23)30(42)35(3,20-36)50-34(46)25-14-10-9-13-24(25)17-49-22(2)41/h6-14,16,26-28H,15,17-20H2,1-5H3,(H,38,43)(H,39,44)(H,40,45)/t26-,27-,28-,35+/m0/s1. The van der Waals surface area contributed by atoms with Crippen molar-refractivity contribution < 1.29 is 47.7 Å². The minimum absolute atomic E-state index is 0.0263. The number of amides is 3. The number of aromatic nitrogens is 1. The fourth-order valence-electron chi connectivity index (χ4n) is 4.79. The van der Waals surface area contributed by atoms with Crippen LogP contribution in [0.4, 0.5) is 0 Å². The number of rotatable bonds is 19. The number of hydrogen-bond acceptors (Lipinski definition) is 12. The Balaban J connectivity index is 1.85. The number of nitrogens with one attached hydrogen (secondary N) is 3. The van der Waals surface area contributed by atoms with Crippen molar-refractivity contribution in [3.05, 3.63) is 87.4 Å². The molecule has 4 atom stereocenters. The number of halogens is 1. The fourth-order valence-corrected chi connectivity index (χ4v) is 6.01.